The Morgan fingerprint density at radius 3 is 3.18 bits per heavy atom. The third-order valence-corrected chi connectivity index (χ3v) is 3.12. The molecule has 2 aliphatic heterocycles. The predicted molar refractivity (Wildman–Crippen MR) is 43.0 cm³/mol. The number of rotatable bonds is 1. The van der Waals surface area contributed by atoms with Crippen molar-refractivity contribution in [2.75, 3.05) is 6.54 Å². The minimum absolute atomic E-state index is 0.102. The van der Waals surface area contributed by atoms with Gasteiger partial charge in [0.2, 0.25) is 5.91 Å². The summed E-state index contributed by atoms with van der Waals surface area (Å²) in [5, 5.41) is 0. The van der Waals surface area contributed by atoms with Crippen LogP contribution in [0.4, 0.5) is 0 Å². The third kappa shape index (κ3) is 0.602. The lowest BCUT2D eigenvalue weighted by molar-refractivity contribution is -0.158. The van der Waals surface area contributed by atoms with Crippen molar-refractivity contribution >= 4 is 5.91 Å². The van der Waals surface area contributed by atoms with Crippen LogP contribution in [0, 0.1) is 5.92 Å². The second-order valence-corrected chi connectivity index (χ2v) is 3.66. The molecule has 2 aliphatic rings. The summed E-state index contributed by atoms with van der Waals surface area (Å²) in [6, 6.07) is 0. The first-order valence-corrected chi connectivity index (χ1v) is 4.14. The van der Waals surface area contributed by atoms with Gasteiger partial charge >= 0.3 is 0 Å². The highest BCUT2D eigenvalue weighted by Crippen LogP contribution is 2.45. The van der Waals surface area contributed by atoms with Gasteiger partial charge in [-0.1, -0.05) is 6.08 Å². The average molecular weight is 151 g/mol. The Morgan fingerprint density at radius 1 is 1.82 bits per heavy atom. The van der Waals surface area contributed by atoms with Crippen LogP contribution in [-0.2, 0) is 4.79 Å². The maximum absolute atomic E-state index is 11.3. The maximum atomic E-state index is 11.3. The first kappa shape index (κ1) is 6.89. The Balaban J connectivity index is 2.27. The van der Waals surface area contributed by atoms with Crippen molar-refractivity contribution in [1.82, 2.24) is 4.90 Å². The molecule has 0 N–H and O–H groups in total. The van der Waals surface area contributed by atoms with Crippen LogP contribution in [-0.4, -0.2) is 22.9 Å². The Morgan fingerprint density at radius 2 is 2.55 bits per heavy atom. The Bertz CT molecular complexity index is 224. The third-order valence-electron chi connectivity index (χ3n) is 3.12. The zero-order valence-corrected chi connectivity index (χ0v) is 6.84. The molecular formula is C9H13NO. The largest absolute Gasteiger partial charge is 0.336 e. The standard InChI is InChI=1S/C9H13NO/c1-3-7-8(11)10-6-4-5-9(7,10)2/h3,7H,1,4-6H2,2H3/t7-,9-/m1/s1. The van der Waals surface area contributed by atoms with Crippen molar-refractivity contribution in [3.63, 3.8) is 0 Å². The molecule has 0 radical (unpaired) electrons. The highest BCUT2D eigenvalue weighted by Gasteiger charge is 2.57. The highest BCUT2D eigenvalue weighted by atomic mass is 16.2. The Hall–Kier alpha value is -0.790. The van der Waals surface area contributed by atoms with Crippen LogP contribution in [0.25, 0.3) is 0 Å². The molecule has 0 aromatic heterocycles. The lowest BCUT2D eigenvalue weighted by Gasteiger charge is -2.50. The van der Waals surface area contributed by atoms with Gasteiger partial charge < -0.3 is 4.90 Å². The van der Waals surface area contributed by atoms with E-state index < -0.39 is 0 Å². The maximum Gasteiger partial charge on any atom is 0.232 e. The number of hydrogen-bond donors (Lipinski definition) is 0. The molecule has 2 heterocycles. The first-order valence-electron chi connectivity index (χ1n) is 4.14. The number of carbonyl (C=O) groups excluding carboxylic acids is 1. The highest BCUT2D eigenvalue weighted by molar-refractivity contribution is 5.89. The van der Waals surface area contributed by atoms with Crippen molar-refractivity contribution in [3.05, 3.63) is 12.7 Å². The molecule has 2 nitrogen and oxygen atoms in total. The van der Waals surface area contributed by atoms with E-state index in [9.17, 15) is 4.79 Å². The summed E-state index contributed by atoms with van der Waals surface area (Å²) >= 11 is 0. The molecule has 0 aliphatic carbocycles. The monoisotopic (exact) mass is 151 g/mol. The van der Waals surface area contributed by atoms with E-state index in [0.717, 1.165) is 19.4 Å². The van der Waals surface area contributed by atoms with E-state index in [-0.39, 0.29) is 17.4 Å². The summed E-state index contributed by atoms with van der Waals surface area (Å²) in [5.41, 5.74) is 0.138. The van der Waals surface area contributed by atoms with Gasteiger partial charge in [0.25, 0.3) is 0 Å². The fourth-order valence-electron chi connectivity index (χ4n) is 2.39. The predicted octanol–water partition coefficient (Wildman–Crippen LogP) is 1.18. The van der Waals surface area contributed by atoms with Crippen LogP contribution in [0.1, 0.15) is 19.8 Å². The van der Waals surface area contributed by atoms with Gasteiger partial charge in [-0.25, -0.2) is 0 Å². The van der Waals surface area contributed by atoms with Gasteiger partial charge in [-0.3, -0.25) is 4.79 Å². The summed E-state index contributed by atoms with van der Waals surface area (Å²) in [4.78, 5) is 13.3. The van der Waals surface area contributed by atoms with E-state index in [1.807, 2.05) is 4.90 Å². The minimum atomic E-state index is 0.102. The SMILES string of the molecule is C=C[C@@H]1C(=O)N2CCC[C@]12C. The van der Waals surface area contributed by atoms with Gasteiger partial charge in [0.1, 0.15) is 0 Å². The van der Waals surface area contributed by atoms with E-state index in [1.54, 1.807) is 6.08 Å². The molecule has 2 atom stereocenters. The quantitative estimate of drug-likeness (QED) is 0.407. The lowest BCUT2D eigenvalue weighted by atomic mass is 9.75. The second kappa shape index (κ2) is 1.87. The molecule has 2 heteroatoms. The zero-order valence-electron chi connectivity index (χ0n) is 6.84. The van der Waals surface area contributed by atoms with Crippen LogP contribution < -0.4 is 0 Å². The minimum Gasteiger partial charge on any atom is -0.336 e. The molecule has 2 fully saturated rings. The van der Waals surface area contributed by atoms with Crippen molar-refractivity contribution in [3.8, 4) is 0 Å². The van der Waals surface area contributed by atoms with Gasteiger partial charge in [0.05, 0.1) is 11.5 Å². The molecule has 0 aromatic carbocycles. The number of fused-ring (bicyclic) bond motifs is 1. The summed E-state index contributed by atoms with van der Waals surface area (Å²) in [6.07, 6.45) is 4.10. The molecular weight excluding hydrogens is 138 g/mol. The number of nitrogens with zero attached hydrogens (tertiary/aromatic N) is 1. The van der Waals surface area contributed by atoms with Gasteiger partial charge in [0, 0.05) is 6.54 Å². The van der Waals surface area contributed by atoms with E-state index in [0.29, 0.717) is 0 Å². The van der Waals surface area contributed by atoms with E-state index >= 15 is 0 Å². The van der Waals surface area contributed by atoms with Crippen LogP contribution in [0.3, 0.4) is 0 Å². The topological polar surface area (TPSA) is 20.3 Å². The van der Waals surface area contributed by atoms with E-state index in [4.69, 9.17) is 0 Å². The second-order valence-electron chi connectivity index (χ2n) is 3.66. The fourth-order valence-corrected chi connectivity index (χ4v) is 2.39. The lowest BCUT2D eigenvalue weighted by Crippen LogP contribution is -2.65. The van der Waals surface area contributed by atoms with Crippen molar-refractivity contribution < 1.29 is 4.79 Å². The van der Waals surface area contributed by atoms with Gasteiger partial charge in [-0.05, 0) is 19.8 Å². The first-order chi connectivity index (χ1) is 5.20. The smallest absolute Gasteiger partial charge is 0.232 e. The normalized spacial score (nSPS) is 41.7. The van der Waals surface area contributed by atoms with Gasteiger partial charge in [-0.2, -0.15) is 0 Å². The average Bonchev–Trinajstić information content (AvgIpc) is 2.29. The molecule has 11 heavy (non-hydrogen) atoms. The number of hydrogen-bond acceptors (Lipinski definition) is 1. The summed E-state index contributed by atoms with van der Waals surface area (Å²) in [7, 11) is 0. The Labute approximate surface area is 66.9 Å². The number of carbonyl (C=O) groups is 1. The molecule has 0 unspecified atom stereocenters. The van der Waals surface area contributed by atoms with Crippen LogP contribution in [0.15, 0.2) is 12.7 Å². The molecule has 60 valence electrons. The van der Waals surface area contributed by atoms with Crippen molar-refractivity contribution in [2.24, 2.45) is 5.92 Å². The van der Waals surface area contributed by atoms with Crippen LogP contribution in [0.5, 0.6) is 0 Å². The Kier molecular flexibility index (Phi) is 1.17. The molecule has 0 saturated carbocycles. The molecule has 1 amide bonds. The molecule has 0 aromatic rings. The van der Waals surface area contributed by atoms with Gasteiger partial charge in [-0.15, -0.1) is 6.58 Å². The van der Waals surface area contributed by atoms with E-state index in [1.165, 1.54) is 0 Å². The number of amides is 1. The van der Waals surface area contributed by atoms with Crippen LogP contribution in [0.2, 0.25) is 0 Å². The van der Waals surface area contributed by atoms with Crippen LogP contribution >= 0.6 is 0 Å². The molecule has 2 saturated heterocycles. The molecule has 0 bridgehead atoms. The van der Waals surface area contributed by atoms with Crippen molar-refractivity contribution in [1.29, 1.82) is 0 Å². The zero-order chi connectivity index (χ0) is 8.06. The fraction of sp³-hybridized carbons (Fsp3) is 0.667. The summed E-state index contributed by atoms with van der Waals surface area (Å²) in [6.45, 7) is 6.81. The summed E-state index contributed by atoms with van der Waals surface area (Å²) in [5.74, 6) is 0.380. The van der Waals surface area contributed by atoms with E-state index in [2.05, 4.69) is 13.5 Å². The van der Waals surface area contributed by atoms with Gasteiger partial charge in [0.15, 0.2) is 0 Å². The van der Waals surface area contributed by atoms with Crippen molar-refractivity contribution in [2.45, 2.75) is 25.3 Å². The molecule has 0 spiro atoms. The summed E-state index contributed by atoms with van der Waals surface area (Å²) < 4.78 is 0. The number of β-lactam (4-membered cyclic amide) rings is 1. The molecule has 2 rings (SSSR count).